The number of methoxy groups -OCH3 is 1. The van der Waals surface area contributed by atoms with Crippen LogP contribution in [0.15, 0.2) is 106 Å². The van der Waals surface area contributed by atoms with Crippen molar-refractivity contribution >= 4 is 21.9 Å². The Hall–Kier alpha value is -4.84. The van der Waals surface area contributed by atoms with Crippen LogP contribution < -0.4 is 10.2 Å². The van der Waals surface area contributed by atoms with E-state index in [1.165, 1.54) is 13.4 Å². The normalized spacial score (nSPS) is 11.2. The number of hydrogen-bond donors (Lipinski definition) is 1. The van der Waals surface area contributed by atoms with Gasteiger partial charge in [-0.1, -0.05) is 66.7 Å². The van der Waals surface area contributed by atoms with E-state index in [9.17, 15) is 4.79 Å². The number of allylic oxidation sites excluding steroid dienone is 1. The van der Waals surface area contributed by atoms with Crippen LogP contribution in [0.2, 0.25) is 0 Å². The Bertz CT molecular complexity index is 1720. The van der Waals surface area contributed by atoms with E-state index in [1.807, 2.05) is 60.7 Å². The molecule has 6 rings (SSSR count). The molecule has 6 nitrogen and oxygen atoms in total. The van der Waals surface area contributed by atoms with Gasteiger partial charge in [0.1, 0.15) is 40.0 Å². The first-order valence-corrected chi connectivity index (χ1v) is 11.5. The van der Waals surface area contributed by atoms with Crippen LogP contribution in [-0.4, -0.2) is 17.1 Å². The molecule has 0 saturated heterocycles. The van der Waals surface area contributed by atoms with Gasteiger partial charge in [0, 0.05) is 16.7 Å². The second-order valence-corrected chi connectivity index (χ2v) is 8.39. The van der Waals surface area contributed by atoms with Gasteiger partial charge in [-0.25, -0.2) is 4.98 Å². The number of imidazole rings is 1. The molecular weight excluding hydrogens is 452 g/mol. The number of fused-ring (bicyclic) bond motifs is 2. The van der Waals surface area contributed by atoms with Gasteiger partial charge in [-0.05, 0) is 12.5 Å². The highest BCUT2D eigenvalue weighted by Gasteiger charge is 2.24. The minimum Gasteiger partial charge on any atom is -0.495 e. The molecule has 3 heterocycles. The molecule has 0 aliphatic rings. The van der Waals surface area contributed by atoms with Crippen LogP contribution in [-0.2, 0) is 6.42 Å². The molecule has 0 bridgehead atoms. The van der Waals surface area contributed by atoms with Crippen molar-refractivity contribution in [1.29, 1.82) is 0 Å². The van der Waals surface area contributed by atoms with E-state index in [0.717, 1.165) is 28.1 Å². The third-order valence-electron chi connectivity index (χ3n) is 6.30. The Labute approximate surface area is 206 Å². The molecule has 0 unspecified atom stereocenters. The summed E-state index contributed by atoms with van der Waals surface area (Å²) < 4.78 is 17.5. The van der Waals surface area contributed by atoms with Crippen molar-refractivity contribution in [2.45, 2.75) is 6.42 Å². The lowest BCUT2D eigenvalue weighted by atomic mass is 10.0. The van der Waals surface area contributed by atoms with Crippen molar-refractivity contribution in [3.63, 3.8) is 0 Å². The largest absolute Gasteiger partial charge is 0.495 e. The second kappa shape index (κ2) is 8.74. The molecule has 176 valence electrons. The lowest BCUT2D eigenvalue weighted by Crippen LogP contribution is -2.09. The van der Waals surface area contributed by atoms with E-state index < -0.39 is 0 Å². The summed E-state index contributed by atoms with van der Waals surface area (Å²) in [6.45, 7) is 3.85. The average molecular weight is 475 g/mol. The van der Waals surface area contributed by atoms with Gasteiger partial charge in [0.05, 0.1) is 30.1 Å². The smallest absolute Gasteiger partial charge is 0.207 e. The summed E-state index contributed by atoms with van der Waals surface area (Å²) >= 11 is 0. The average Bonchev–Trinajstić information content (AvgIpc) is 3.58. The molecule has 0 radical (unpaired) electrons. The highest BCUT2D eigenvalue weighted by atomic mass is 16.5. The molecule has 3 aromatic heterocycles. The van der Waals surface area contributed by atoms with Crippen molar-refractivity contribution in [2.24, 2.45) is 0 Å². The van der Waals surface area contributed by atoms with Crippen LogP contribution in [0.3, 0.4) is 0 Å². The number of nitrogens with one attached hydrogen (secondary N) is 1. The SMILES string of the molecule is C=CCc1c2occc2c(OC)c2c(=O)c(-c3nc(-c4ccccc4)c(-c4ccccc4)[nH]3)coc12. The number of aromatic amines is 1. The molecule has 6 aromatic rings. The Balaban J connectivity index is 1.64. The van der Waals surface area contributed by atoms with Crippen molar-refractivity contribution < 1.29 is 13.6 Å². The summed E-state index contributed by atoms with van der Waals surface area (Å²) in [5.41, 5.74) is 5.33. The zero-order valence-corrected chi connectivity index (χ0v) is 19.6. The van der Waals surface area contributed by atoms with E-state index >= 15 is 0 Å². The van der Waals surface area contributed by atoms with Gasteiger partial charge >= 0.3 is 0 Å². The number of nitrogens with zero attached hydrogens (tertiary/aromatic N) is 1. The molecule has 0 amide bonds. The molecule has 0 aliphatic carbocycles. The Morgan fingerprint density at radius 3 is 2.39 bits per heavy atom. The monoisotopic (exact) mass is 474 g/mol. The maximum atomic E-state index is 14.0. The van der Waals surface area contributed by atoms with Gasteiger partial charge in [0.15, 0.2) is 0 Å². The molecule has 1 N–H and O–H groups in total. The summed E-state index contributed by atoms with van der Waals surface area (Å²) in [4.78, 5) is 22.2. The third-order valence-corrected chi connectivity index (χ3v) is 6.30. The van der Waals surface area contributed by atoms with Crippen LogP contribution in [0, 0.1) is 0 Å². The number of H-pyrrole nitrogens is 1. The number of furan rings is 1. The molecule has 0 spiro atoms. The van der Waals surface area contributed by atoms with Gasteiger partial charge in [0.25, 0.3) is 0 Å². The van der Waals surface area contributed by atoms with Gasteiger partial charge in [-0.15, -0.1) is 6.58 Å². The van der Waals surface area contributed by atoms with Crippen LogP contribution in [0.1, 0.15) is 5.56 Å². The number of ether oxygens (including phenoxy) is 1. The number of aromatic nitrogens is 2. The third kappa shape index (κ3) is 3.34. The Morgan fingerprint density at radius 1 is 0.972 bits per heavy atom. The topological polar surface area (TPSA) is 81.3 Å². The number of benzene rings is 3. The maximum absolute atomic E-state index is 14.0. The Kier molecular flexibility index (Phi) is 5.26. The quantitative estimate of drug-likeness (QED) is 0.263. The van der Waals surface area contributed by atoms with Crippen LogP contribution in [0.25, 0.3) is 55.8 Å². The summed E-state index contributed by atoms with van der Waals surface area (Å²) in [6.07, 6.45) is 5.26. The molecule has 6 heteroatoms. The fourth-order valence-corrected chi connectivity index (χ4v) is 4.68. The van der Waals surface area contributed by atoms with Crippen molar-refractivity contribution in [1.82, 2.24) is 9.97 Å². The first-order valence-electron chi connectivity index (χ1n) is 11.5. The maximum Gasteiger partial charge on any atom is 0.207 e. The summed E-state index contributed by atoms with van der Waals surface area (Å²) in [5, 5.41) is 1.06. The van der Waals surface area contributed by atoms with Gasteiger partial charge in [-0.2, -0.15) is 0 Å². The van der Waals surface area contributed by atoms with Crippen LogP contribution >= 0.6 is 0 Å². The molecule has 3 aromatic carbocycles. The second-order valence-electron chi connectivity index (χ2n) is 8.39. The van der Waals surface area contributed by atoms with E-state index in [4.69, 9.17) is 18.6 Å². The van der Waals surface area contributed by atoms with Gasteiger partial charge < -0.3 is 18.6 Å². The van der Waals surface area contributed by atoms with E-state index in [-0.39, 0.29) is 5.43 Å². The predicted octanol–water partition coefficient (Wildman–Crippen LogP) is 7.00. The molecule has 0 fully saturated rings. The first-order chi connectivity index (χ1) is 17.7. The Morgan fingerprint density at radius 2 is 1.69 bits per heavy atom. The lowest BCUT2D eigenvalue weighted by Gasteiger charge is -2.11. The van der Waals surface area contributed by atoms with Crippen LogP contribution in [0.5, 0.6) is 5.75 Å². The molecule has 36 heavy (non-hydrogen) atoms. The predicted molar refractivity (Wildman–Crippen MR) is 141 cm³/mol. The minimum atomic E-state index is -0.241. The zero-order chi connectivity index (χ0) is 24.6. The highest BCUT2D eigenvalue weighted by Crippen LogP contribution is 2.39. The fraction of sp³-hybridized carbons (Fsp3) is 0.0667. The number of hydrogen-bond acceptors (Lipinski definition) is 5. The standard InChI is InChI=1S/C30H22N2O4/c1-3-10-20-27-21(15-16-35-27)28(34-2)23-26(33)22(17-36-29(20)23)30-31-24(18-11-6-4-7-12-18)25(32-30)19-13-8-5-9-14-19/h3-9,11-17H,1,10H2,2H3,(H,31,32). The van der Waals surface area contributed by atoms with Gasteiger partial charge in [-0.3, -0.25) is 4.79 Å². The molecule has 0 aliphatic heterocycles. The molecule has 0 atom stereocenters. The van der Waals surface area contributed by atoms with Crippen molar-refractivity contribution in [3.05, 3.63) is 108 Å². The van der Waals surface area contributed by atoms with E-state index in [2.05, 4.69) is 11.6 Å². The highest BCUT2D eigenvalue weighted by molar-refractivity contribution is 6.05. The van der Waals surface area contributed by atoms with Crippen molar-refractivity contribution in [3.8, 4) is 39.7 Å². The summed E-state index contributed by atoms with van der Waals surface area (Å²) in [5.74, 6) is 0.832. The molecular formula is C30H22N2O4. The van der Waals surface area contributed by atoms with Gasteiger partial charge in [0.2, 0.25) is 5.43 Å². The summed E-state index contributed by atoms with van der Waals surface area (Å²) in [7, 11) is 1.54. The minimum absolute atomic E-state index is 0.241. The van der Waals surface area contributed by atoms with Crippen LogP contribution in [0.4, 0.5) is 0 Å². The lowest BCUT2D eigenvalue weighted by molar-refractivity contribution is 0.423. The first kappa shape index (κ1) is 21.7. The number of rotatable bonds is 6. The van der Waals surface area contributed by atoms with Crippen molar-refractivity contribution in [2.75, 3.05) is 7.11 Å². The van der Waals surface area contributed by atoms with E-state index in [0.29, 0.717) is 45.5 Å². The zero-order valence-electron chi connectivity index (χ0n) is 19.6. The van der Waals surface area contributed by atoms with E-state index in [1.54, 1.807) is 18.4 Å². The molecule has 0 saturated carbocycles. The fourth-order valence-electron chi connectivity index (χ4n) is 4.68. The summed E-state index contributed by atoms with van der Waals surface area (Å²) in [6, 6.07) is 21.6.